The number of nitrogens with two attached hydrogens (primary N) is 1. The number of H-pyrrole nitrogens is 1. The number of hydrogen-bond acceptors (Lipinski definition) is 2. The van der Waals surface area contributed by atoms with E-state index in [1.54, 1.807) is 0 Å². The molecule has 0 saturated heterocycles. The fourth-order valence-corrected chi connectivity index (χ4v) is 1.19. The van der Waals surface area contributed by atoms with Crippen molar-refractivity contribution in [3.05, 3.63) is 24.0 Å². The zero-order chi connectivity index (χ0) is 8.97. The van der Waals surface area contributed by atoms with Crippen molar-refractivity contribution in [2.24, 2.45) is 11.7 Å². The molecule has 3 heteroatoms. The maximum absolute atomic E-state index is 8.75. The Morgan fingerprint density at radius 3 is 2.92 bits per heavy atom. The highest BCUT2D eigenvalue weighted by Gasteiger charge is 2.17. The zero-order valence-electron chi connectivity index (χ0n) is 7.12. The van der Waals surface area contributed by atoms with Gasteiger partial charge in [0.2, 0.25) is 0 Å². The van der Waals surface area contributed by atoms with Crippen molar-refractivity contribution in [1.82, 2.24) is 4.98 Å². The number of rotatable bonds is 3. The van der Waals surface area contributed by atoms with Crippen molar-refractivity contribution in [2.75, 3.05) is 0 Å². The molecule has 3 N–H and O–H groups in total. The quantitative estimate of drug-likeness (QED) is 0.710. The normalized spacial score (nSPS) is 15.1. The summed E-state index contributed by atoms with van der Waals surface area (Å²) in [6.07, 6.45) is 2.61. The molecule has 1 rings (SSSR count). The Bertz CT molecular complexity index is 258. The molecule has 2 unspecified atom stereocenters. The van der Waals surface area contributed by atoms with E-state index in [0.29, 0.717) is 0 Å². The molecule has 0 aliphatic heterocycles. The number of nitriles is 1. The number of nitrogens with zero attached hydrogens (tertiary/aromatic N) is 1. The number of aromatic amines is 1. The third-order valence-electron chi connectivity index (χ3n) is 2.02. The van der Waals surface area contributed by atoms with Gasteiger partial charge in [0.25, 0.3) is 0 Å². The van der Waals surface area contributed by atoms with E-state index in [0.717, 1.165) is 12.1 Å². The van der Waals surface area contributed by atoms with E-state index in [2.05, 4.69) is 11.1 Å². The fraction of sp³-hybridized carbons (Fsp3) is 0.444. The molecule has 12 heavy (non-hydrogen) atoms. The van der Waals surface area contributed by atoms with Gasteiger partial charge in [0.15, 0.2) is 0 Å². The molecule has 64 valence electrons. The van der Waals surface area contributed by atoms with Crippen LogP contribution in [0.25, 0.3) is 0 Å². The molecule has 0 aromatic carbocycles. The molecule has 1 aromatic heterocycles. The minimum absolute atomic E-state index is 0.0938. The van der Waals surface area contributed by atoms with Crippen LogP contribution >= 0.6 is 0 Å². The predicted molar refractivity (Wildman–Crippen MR) is 47.1 cm³/mol. The largest absolute Gasteiger partial charge is 0.364 e. The number of nitrogens with one attached hydrogen (secondary N) is 1. The van der Waals surface area contributed by atoms with E-state index in [1.807, 2.05) is 25.3 Å². The number of aromatic nitrogens is 1. The first kappa shape index (κ1) is 8.82. The fourth-order valence-electron chi connectivity index (χ4n) is 1.19. The van der Waals surface area contributed by atoms with Crippen molar-refractivity contribution < 1.29 is 0 Å². The van der Waals surface area contributed by atoms with Crippen molar-refractivity contribution in [2.45, 2.75) is 19.4 Å². The van der Waals surface area contributed by atoms with Crippen molar-refractivity contribution in [3.63, 3.8) is 0 Å². The summed E-state index contributed by atoms with van der Waals surface area (Å²) in [6, 6.07) is 5.81. The summed E-state index contributed by atoms with van der Waals surface area (Å²) in [5, 5.41) is 8.75. The number of hydrogen-bond donors (Lipinski definition) is 2. The summed E-state index contributed by atoms with van der Waals surface area (Å²) >= 11 is 0. The molecule has 3 nitrogen and oxygen atoms in total. The molecule has 0 bridgehead atoms. The Labute approximate surface area is 72.2 Å². The molecule has 1 aromatic rings. The zero-order valence-corrected chi connectivity index (χ0v) is 7.12. The average Bonchev–Trinajstić information content (AvgIpc) is 2.58. The highest BCUT2D eigenvalue weighted by molar-refractivity contribution is 5.12. The van der Waals surface area contributed by atoms with Crippen LogP contribution < -0.4 is 5.73 Å². The lowest BCUT2D eigenvalue weighted by atomic mass is 9.97. The van der Waals surface area contributed by atoms with Crippen LogP contribution in [0.1, 0.15) is 25.1 Å². The molecule has 0 aliphatic carbocycles. The van der Waals surface area contributed by atoms with Crippen LogP contribution in [-0.2, 0) is 0 Å². The van der Waals surface area contributed by atoms with Crippen LogP contribution in [-0.4, -0.2) is 4.98 Å². The van der Waals surface area contributed by atoms with E-state index in [9.17, 15) is 0 Å². The van der Waals surface area contributed by atoms with Crippen LogP contribution in [0.2, 0.25) is 0 Å². The monoisotopic (exact) mass is 163 g/mol. The summed E-state index contributed by atoms with van der Waals surface area (Å²) in [4.78, 5) is 3.01. The van der Waals surface area contributed by atoms with Crippen molar-refractivity contribution >= 4 is 0 Å². The first-order valence-electron chi connectivity index (χ1n) is 4.08. The van der Waals surface area contributed by atoms with Crippen LogP contribution in [0.5, 0.6) is 0 Å². The Kier molecular flexibility index (Phi) is 2.89. The average molecular weight is 163 g/mol. The lowest BCUT2D eigenvalue weighted by molar-refractivity contribution is 0.509. The van der Waals surface area contributed by atoms with Gasteiger partial charge in [-0.15, -0.1) is 0 Å². The molecule has 0 fully saturated rings. The Morgan fingerprint density at radius 2 is 2.50 bits per heavy atom. The molecule has 0 saturated carbocycles. The second-order valence-electron chi connectivity index (χ2n) is 2.80. The molecule has 0 amide bonds. The molecule has 2 atom stereocenters. The molecular formula is C9H13N3. The summed E-state index contributed by atoms with van der Waals surface area (Å²) in [5.74, 6) is -0.0938. The van der Waals surface area contributed by atoms with E-state index >= 15 is 0 Å². The van der Waals surface area contributed by atoms with Gasteiger partial charge >= 0.3 is 0 Å². The van der Waals surface area contributed by atoms with Crippen molar-refractivity contribution in [1.29, 1.82) is 5.26 Å². The Balaban J connectivity index is 2.71. The van der Waals surface area contributed by atoms with Crippen LogP contribution in [0.3, 0.4) is 0 Å². The molecular weight excluding hydrogens is 150 g/mol. The van der Waals surface area contributed by atoms with Crippen molar-refractivity contribution in [3.8, 4) is 6.07 Å². The minimum Gasteiger partial charge on any atom is -0.364 e. The van der Waals surface area contributed by atoms with E-state index in [1.165, 1.54) is 0 Å². The predicted octanol–water partition coefficient (Wildman–Crippen LogP) is 1.56. The first-order valence-corrected chi connectivity index (χ1v) is 4.08. The van der Waals surface area contributed by atoms with E-state index in [4.69, 9.17) is 11.0 Å². The highest BCUT2D eigenvalue weighted by Crippen LogP contribution is 2.19. The molecule has 0 aliphatic rings. The van der Waals surface area contributed by atoms with E-state index < -0.39 is 0 Å². The van der Waals surface area contributed by atoms with Gasteiger partial charge in [-0.25, -0.2) is 0 Å². The highest BCUT2D eigenvalue weighted by atomic mass is 14.8. The van der Waals surface area contributed by atoms with Gasteiger partial charge in [-0.05, 0) is 18.6 Å². The second kappa shape index (κ2) is 3.93. The molecule has 1 heterocycles. The van der Waals surface area contributed by atoms with Gasteiger partial charge in [-0.1, -0.05) is 6.92 Å². The third-order valence-corrected chi connectivity index (χ3v) is 2.02. The Hall–Kier alpha value is -1.27. The van der Waals surface area contributed by atoms with E-state index in [-0.39, 0.29) is 12.0 Å². The van der Waals surface area contributed by atoms with Gasteiger partial charge < -0.3 is 10.7 Å². The van der Waals surface area contributed by atoms with Crippen LogP contribution in [0.4, 0.5) is 0 Å². The summed E-state index contributed by atoms with van der Waals surface area (Å²) in [5.41, 5.74) is 6.78. The second-order valence-corrected chi connectivity index (χ2v) is 2.80. The van der Waals surface area contributed by atoms with Gasteiger partial charge in [0.1, 0.15) is 0 Å². The first-order chi connectivity index (χ1) is 5.79. The molecule has 0 radical (unpaired) electrons. The van der Waals surface area contributed by atoms with Gasteiger partial charge in [0, 0.05) is 11.9 Å². The lowest BCUT2D eigenvalue weighted by Crippen LogP contribution is -2.19. The van der Waals surface area contributed by atoms with Crippen LogP contribution in [0.15, 0.2) is 18.3 Å². The topological polar surface area (TPSA) is 65.6 Å². The maximum atomic E-state index is 8.75. The third kappa shape index (κ3) is 1.66. The lowest BCUT2D eigenvalue weighted by Gasteiger charge is -2.13. The molecule has 0 spiro atoms. The summed E-state index contributed by atoms with van der Waals surface area (Å²) < 4.78 is 0. The minimum atomic E-state index is -0.185. The smallest absolute Gasteiger partial charge is 0.0676 e. The van der Waals surface area contributed by atoms with Gasteiger partial charge in [0.05, 0.1) is 18.0 Å². The van der Waals surface area contributed by atoms with Gasteiger partial charge in [-0.3, -0.25) is 0 Å². The maximum Gasteiger partial charge on any atom is 0.0676 e. The Morgan fingerprint density at radius 1 is 1.75 bits per heavy atom. The SMILES string of the molecule is CCC(C#N)C(N)c1ccc[nH]1. The standard InChI is InChI=1S/C9H13N3/c1-2-7(6-10)9(11)8-4-3-5-12-8/h3-5,7,9,12H,2,11H2,1H3. The van der Waals surface area contributed by atoms with Crippen LogP contribution in [0, 0.1) is 17.2 Å². The van der Waals surface area contributed by atoms with Gasteiger partial charge in [-0.2, -0.15) is 5.26 Å². The summed E-state index contributed by atoms with van der Waals surface area (Å²) in [7, 11) is 0. The summed E-state index contributed by atoms with van der Waals surface area (Å²) in [6.45, 7) is 1.97.